The number of anilines is 1. The van der Waals surface area contributed by atoms with Crippen LogP contribution in [0.25, 0.3) is 5.65 Å². The minimum Gasteiger partial charge on any atom is -0.356 e. The van der Waals surface area contributed by atoms with E-state index in [0.717, 1.165) is 17.2 Å². The summed E-state index contributed by atoms with van der Waals surface area (Å²) in [7, 11) is 3.57. The molecule has 4 heterocycles. The Balaban J connectivity index is 1.34. The SMILES string of the molecule is CN=C(NCCc1nnc2ccccn12)N1CCN(c2cnn(C)c2)C(=O)C1. The first kappa shape index (κ1) is 18.0. The maximum absolute atomic E-state index is 12.6. The third-order valence-corrected chi connectivity index (χ3v) is 4.75. The van der Waals surface area contributed by atoms with Crippen LogP contribution in [0.1, 0.15) is 5.82 Å². The molecule has 10 nitrogen and oxygen atoms in total. The molecule has 1 N–H and O–H groups in total. The highest BCUT2D eigenvalue weighted by molar-refractivity contribution is 5.98. The van der Waals surface area contributed by atoms with Gasteiger partial charge in [-0.3, -0.25) is 18.9 Å². The highest BCUT2D eigenvalue weighted by Crippen LogP contribution is 2.16. The molecule has 0 aliphatic carbocycles. The molecule has 1 amide bonds. The summed E-state index contributed by atoms with van der Waals surface area (Å²) in [4.78, 5) is 20.6. The topological polar surface area (TPSA) is 95.9 Å². The number of rotatable bonds is 4. The van der Waals surface area contributed by atoms with Crippen LogP contribution in [0.2, 0.25) is 0 Å². The zero-order chi connectivity index (χ0) is 19.5. The summed E-state index contributed by atoms with van der Waals surface area (Å²) in [5.74, 6) is 1.63. The van der Waals surface area contributed by atoms with E-state index in [2.05, 4.69) is 25.6 Å². The first-order valence-corrected chi connectivity index (χ1v) is 9.19. The van der Waals surface area contributed by atoms with Gasteiger partial charge in [0.15, 0.2) is 11.6 Å². The van der Waals surface area contributed by atoms with E-state index in [4.69, 9.17) is 0 Å². The van der Waals surface area contributed by atoms with Gasteiger partial charge in [0, 0.05) is 52.5 Å². The fraction of sp³-hybridized carbons (Fsp3) is 0.389. The summed E-state index contributed by atoms with van der Waals surface area (Å²) in [6.45, 7) is 2.23. The molecule has 0 atom stereocenters. The molecule has 0 radical (unpaired) electrons. The lowest BCUT2D eigenvalue weighted by Gasteiger charge is -2.35. The van der Waals surface area contributed by atoms with E-state index < -0.39 is 0 Å². The van der Waals surface area contributed by atoms with Crippen LogP contribution in [0, 0.1) is 0 Å². The average molecular weight is 381 g/mol. The number of aliphatic imine (C=N–C) groups is 1. The van der Waals surface area contributed by atoms with Crippen molar-refractivity contribution in [2.75, 3.05) is 38.1 Å². The van der Waals surface area contributed by atoms with Gasteiger partial charge in [0.2, 0.25) is 5.91 Å². The summed E-state index contributed by atoms with van der Waals surface area (Å²) in [5.41, 5.74) is 1.66. The second-order valence-corrected chi connectivity index (χ2v) is 6.61. The molecular formula is C18H23N9O. The Labute approximate surface area is 162 Å². The molecule has 0 unspecified atom stereocenters. The standard InChI is InChI=1S/C18H23N9O/c1-19-18(20-7-6-16-23-22-15-5-3-4-8-27(15)16)25-9-10-26(17(28)13-25)14-11-21-24(2)12-14/h3-5,8,11-12H,6-7,9-10,13H2,1-2H3,(H,19,20). The van der Waals surface area contributed by atoms with Crippen molar-refractivity contribution in [3.63, 3.8) is 0 Å². The highest BCUT2D eigenvalue weighted by Gasteiger charge is 2.27. The third-order valence-electron chi connectivity index (χ3n) is 4.75. The van der Waals surface area contributed by atoms with Crippen molar-refractivity contribution in [2.45, 2.75) is 6.42 Å². The van der Waals surface area contributed by atoms with Gasteiger partial charge in [0.05, 0.1) is 11.9 Å². The van der Waals surface area contributed by atoms with Gasteiger partial charge in [-0.1, -0.05) is 6.07 Å². The molecule has 0 aromatic carbocycles. The van der Waals surface area contributed by atoms with E-state index in [0.29, 0.717) is 32.0 Å². The van der Waals surface area contributed by atoms with Crippen LogP contribution in [0.3, 0.4) is 0 Å². The number of nitrogens with one attached hydrogen (secondary N) is 1. The number of aromatic nitrogens is 5. The summed E-state index contributed by atoms with van der Waals surface area (Å²) in [6, 6.07) is 5.83. The highest BCUT2D eigenvalue weighted by atomic mass is 16.2. The summed E-state index contributed by atoms with van der Waals surface area (Å²) < 4.78 is 3.67. The van der Waals surface area contributed by atoms with Crippen molar-refractivity contribution in [1.82, 2.24) is 34.6 Å². The molecule has 0 spiro atoms. The Hall–Kier alpha value is -3.43. The van der Waals surface area contributed by atoms with E-state index in [-0.39, 0.29) is 12.5 Å². The van der Waals surface area contributed by atoms with Crippen LogP contribution in [-0.4, -0.2) is 74.4 Å². The molecule has 1 saturated heterocycles. The van der Waals surface area contributed by atoms with Crippen LogP contribution < -0.4 is 10.2 Å². The van der Waals surface area contributed by atoms with Crippen LogP contribution in [0.4, 0.5) is 5.69 Å². The number of aryl methyl sites for hydroxylation is 1. The average Bonchev–Trinajstić information content (AvgIpc) is 3.31. The first-order valence-electron chi connectivity index (χ1n) is 9.19. The molecule has 0 saturated carbocycles. The molecular weight excluding hydrogens is 358 g/mol. The molecule has 1 aliphatic rings. The van der Waals surface area contributed by atoms with Gasteiger partial charge in [0.25, 0.3) is 0 Å². The van der Waals surface area contributed by atoms with Crippen molar-refractivity contribution >= 4 is 23.2 Å². The van der Waals surface area contributed by atoms with Crippen LogP contribution in [0.15, 0.2) is 41.8 Å². The molecule has 146 valence electrons. The lowest BCUT2D eigenvalue weighted by Crippen LogP contribution is -2.55. The van der Waals surface area contributed by atoms with Gasteiger partial charge in [-0.05, 0) is 12.1 Å². The molecule has 1 aliphatic heterocycles. The fourth-order valence-corrected chi connectivity index (χ4v) is 3.35. The van der Waals surface area contributed by atoms with E-state index in [1.807, 2.05) is 46.9 Å². The second-order valence-electron chi connectivity index (χ2n) is 6.61. The quantitative estimate of drug-likeness (QED) is 0.502. The number of pyridine rings is 1. The minimum atomic E-state index is 0.0330. The monoisotopic (exact) mass is 381 g/mol. The number of hydrogen-bond donors (Lipinski definition) is 1. The van der Waals surface area contributed by atoms with Crippen molar-refractivity contribution < 1.29 is 4.79 Å². The molecule has 28 heavy (non-hydrogen) atoms. The smallest absolute Gasteiger partial charge is 0.246 e. The summed E-state index contributed by atoms with van der Waals surface area (Å²) >= 11 is 0. The lowest BCUT2D eigenvalue weighted by molar-refractivity contribution is -0.120. The lowest BCUT2D eigenvalue weighted by atomic mass is 10.3. The van der Waals surface area contributed by atoms with Crippen LogP contribution in [0.5, 0.6) is 0 Å². The predicted molar refractivity (Wildman–Crippen MR) is 105 cm³/mol. The van der Waals surface area contributed by atoms with Gasteiger partial charge < -0.3 is 15.1 Å². The Morgan fingerprint density at radius 2 is 2.18 bits per heavy atom. The Bertz CT molecular complexity index is 1010. The molecule has 3 aromatic rings. The van der Waals surface area contributed by atoms with Crippen molar-refractivity contribution in [3.05, 3.63) is 42.6 Å². The number of fused-ring (bicyclic) bond motifs is 1. The van der Waals surface area contributed by atoms with Crippen LogP contribution >= 0.6 is 0 Å². The third kappa shape index (κ3) is 3.53. The Kier molecular flexibility index (Phi) is 4.92. The number of nitrogens with zero attached hydrogens (tertiary/aromatic N) is 8. The second kappa shape index (κ2) is 7.67. The maximum Gasteiger partial charge on any atom is 0.246 e. The summed E-state index contributed by atoms with van der Waals surface area (Å²) in [5, 5.41) is 15.9. The van der Waals surface area contributed by atoms with E-state index in [1.165, 1.54) is 0 Å². The molecule has 3 aromatic heterocycles. The number of piperazine rings is 1. The number of hydrogen-bond acceptors (Lipinski definition) is 5. The maximum atomic E-state index is 12.6. The largest absolute Gasteiger partial charge is 0.356 e. The predicted octanol–water partition coefficient (Wildman–Crippen LogP) is -0.0705. The van der Waals surface area contributed by atoms with Crippen molar-refractivity contribution in [2.24, 2.45) is 12.0 Å². The van der Waals surface area contributed by atoms with Gasteiger partial charge in [-0.15, -0.1) is 10.2 Å². The first-order chi connectivity index (χ1) is 13.7. The minimum absolute atomic E-state index is 0.0330. The van der Waals surface area contributed by atoms with Crippen molar-refractivity contribution in [3.8, 4) is 0 Å². The number of carbonyl (C=O) groups is 1. The van der Waals surface area contributed by atoms with E-state index in [9.17, 15) is 4.79 Å². The van der Waals surface area contributed by atoms with Crippen LogP contribution in [-0.2, 0) is 18.3 Å². The molecule has 10 heteroatoms. The van der Waals surface area contributed by atoms with E-state index >= 15 is 0 Å². The number of guanidine groups is 1. The molecule has 1 fully saturated rings. The normalized spacial score (nSPS) is 15.5. The van der Waals surface area contributed by atoms with E-state index in [1.54, 1.807) is 22.8 Å². The fourth-order valence-electron chi connectivity index (χ4n) is 3.35. The number of carbonyl (C=O) groups excluding carboxylic acids is 1. The number of amides is 1. The Morgan fingerprint density at radius 1 is 1.29 bits per heavy atom. The zero-order valence-electron chi connectivity index (χ0n) is 16.0. The van der Waals surface area contributed by atoms with Crippen molar-refractivity contribution in [1.29, 1.82) is 0 Å². The van der Waals surface area contributed by atoms with Gasteiger partial charge in [0.1, 0.15) is 12.4 Å². The van der Waals surface area contributed by atoms with Gasteiger partial charge in [-0.25, -0.2) is 0 Å². The van der Waals surface area contributed by atoms with Gasteiger partial charge in [-0.2, -0.15) is 5.10 Å². The molecule has 0 bridgehead atoms. The zero-order valence-corrected chi connectivity index (χ0v) is 16.0. The molecule has 4 rings (SSSR count). The van der Waals surface area contributed by atoms with Gasteiger partial charge >= 0.3 is 0 Å². The summed E-state index contributed by atoms with van der Waals surface area (Å²) in [6.07, 6.45) is 6.22. The Morgan fingerprint density at radius 3 is 2.93 bits per heavy atom.